The first-order chi connectivity index (χ1) is 16.5. The van der Waals surface area contributed by atoms with Crippen molar-refractivity contribution >= 4 is 29.2 Å². The lowest BCUT2D eigenvalue weighted by Gasteiger charge is -2.30. The predicted molar refractivity (Wildman–Crippen MR) is 130 cm³/mol. The highest BCUT2D eigenvalue weighted by Gasteiger charge is 2.30. The van der Waals surface area contributed by atoms with Crippen LogP contribution in [-0.4, -0.2) is 37.5 Å². The minimum atomic E-state index is -0.828. The number of carbonyl (C=O) groups excluding carboxylic acids is 3. The van der Waals surface area contributed by atoms with E-state index >= 15 is 0 Å². The minimum absolute atomic E-state index is 0.131. The fourth-order valence-corrected chi connectivity index (χ4v) is 3.76. The second-order valence-corrected chi connectivity index (χ2v) is 7.91. The molecule has 3 N–H and O–H groups in total. The van der Waals surface area contributed by atoms with Gasteiger partial charge < -0.3 is 20.7 Å². The third-order valence-electron chi connectivity index (χ3n) is 5.54. The fraction of sp³-hybridized carbons (Fsp3) is 0.192. The maximum Gasteiger partial charge on any atom is 0.323 e. The van der Waals surface area contributed by atoms with Crippen LogP contribution in [0.25, 0.3) is 0 Å². The molecule has 3 aromatic rings. The van der Waals surface area contributed by atoms with Gasteiger partial charge in [-0.15, -0.1) is 0 Å². The molecule has 1 heterocycles. The van der Waals surface area contributed by atoms with Crippen molar-refractivity contribution in [2.75, 3.05) is 23.9 Å². The van der Waals surface area contributed by atoms with Crippen molar-refractivity contribution in [1.29, 1.82) is 0 Å². The zero-order valence-corrected chi connectivity index (χ0v) is 18.8. The quantitative estimate of drug-likeness (QED) is 0.507. The van der Waals surface area contributed by atoms with Crippen LogP contribution in [0.3, 0.4) is 0 Å². The second-order valence-electron chi connectivity index (χ2n) is 7.91. The van der Waals surface area contributed by atoms with E-state index in [1.807, 2.05) is 54.6 Å². The van der Waals surface area contributed by atoms with Crippen LogP contribution in [0, 0.1) is 0 Å². The second kappa shape index (κ2) is 10.5. The Hall–Kier alpha value is -4.33. The molecule has 0 fully saturated rings. The first-order valence-electron chi connectivity index (χ1n) is 10.9. The molecule has 8 heteroatoms. The molecule has 1 atom stereocenters. The number of ether oxygens (including phenoxy) is 1. The summed E-state index contributed by atoms with van der Waals surface area (Å²) in [7, 11) is 1.60. The number of benzene rings is 3. The van der Waals surface area contributed by atoms with E-state index in [9.17, 15) is 14.4 Å². The maximum atomic E-state index is 13.2. The summed E-state index contributed by atoms with van der Waals surface area (Å²) in [4.78, 5) is 39.8. The van der Waals surface area contributed by atoms with Gasteiger partial charge in [0.15, 0.2) is 0 Å². The van der Waals surface area contributed by atoms with E-state index in [4.69, 9.17) is 4.74 Å². The third kappa shape index (κ3) is 5.53. The molecule has 0 spiro atoms. The molecule has 1 aliphatic rings. The number of urea groups is 1. The van der Waals surface area contributed by atoms with Crippen LogP contribution in [0.15, 0.2) is 78.9 Å². The summed E-state index contributed by atoms with van der Waals surface area (Å²) in [5.41, 5.74) is 2.94. The molecule has 3 aromatic carbocycles. The molecule has 0 saturated heterocycles. The first kappa shape index (κ1) is 22.8. The summed E-state index contributed by atoms with van der Waals surface area (Å²) in [6, 6.07) is 22.6. The summed E-state index contributed by atoms with van der Waals surface area (Å²) in [6.45, 7) is 0.174. The molecule has 0 unspecified atom stereocenters. The summed E-state index contributed by atoms with van der Waals surface area (Å²) < 4.78 is 5.17. The van der Waals surface area contributed by atoms with Crippen LogP contribution < -0.4 is 25.6 Å². The number of para-hydroxylation sites is 2. The van der Waals surface area contributed by atoms with Crippen molar-refractivity contribution in [1.82, 2.24) is 10.6 Å². The van der Waals surface area contributed by atoms with Gasteiger partial charge in [-0.05, 0) is 35.4 Å². The molecule has 1 aliphatic heterocycles. The van der Waals surface area contributed by atoms with E-state index in [0.717, 1.165) is 16.9 Å². The van der Waals surface area contributed by atoms with Gasteiger partial charge in [-0.1, -0.05) is 54.6 Å². The molecule has 174 valence electrons. The van der Waals surface area contributed by atoms with Gasteiger partial charge in [-0.3, -0.25) is 14.5 Å². The van der Waals surface area contributed by atoms with Crippen molar-refractivity contribution in [3.8, 4) is 5.75 Å². The average molecular weight is 459 g/mol. The zero-order chi connectivity index (χ0) is 23.9. The number of amides is 4. The summed E-state index contributed by atoms with van der Waals surface area (Å²) in [5.74, 6) is 0.121. The number of rotatable bonds is 7. The number of carbonyl (C=O) groups is 3. The van der Waals surface area contributed by atoms with Gasteiger partial charge in [0.05, 0.1) is 18.5 Å². The van der Waals surface area contributed by atoms with Crippen molar-refractivity contribution < 1.29 is 19.1 Å². The first-order valence-corrected chi connectivity index (χ1v) is 10.9. The normalized spacial score (nSPS) is 13.3. The van der Waals surface area contributed by atoms with Crippen LogP contribution in [-0.2, 0) is 22.6 Å². The monoisotopic (exact) mass is 458 g/mol. The van der Waals surface area contributed by atoms with Gasteiger partial charge in [0.25, 0.3) is 0 Å². The van der Waals surface area contributed by atoms with Gasteiger partial charge in [0.1, 0.15) is 18.3 Å². The van der Waals surface area contributed by atoms with Gasteiger partial charge >= 0.3 is 6.03 Å². The summed E-state index contributed by atoms with van der Waals surface area (Å²) >= 11 is 0. The maximum absolute atomic E-state index is 13.2. The molecule has 4 amide bonds. The van der Waals surface area contributed by atoms with Gasteiger partial charge in [-0.25, -0.2) is 4.79 Å². The number of nitrogens with zero attached hydrogens (tertiary/aromatic N) is 1. The number of hydrogen-bond donors (Lipinski definition) is 3. The Morgan fingerprint density at radius 3 is 2.41 bits per heavy atom. The van der Waals surface area contributed by atoms with Crippen LogP contribution in [0.5, 0.6) is 5.75 Å². The summed E-state index contributed by atoms with van der Waals surface area (Å²) in [5, 5.41) is 8.49. The topological polar surface area (TPSA) is 99.8 Å². The lowest BCUT2D eigenvalue weighted by atomic mass is 10.1. The lowest BCUT2D eigenvalue weighted by Crippen LogP contribution is -2.54. The zero-order valence-electron chi connectivity index (χ0n) is 18.8. The Balaban J connectivity index is 1.49. The predicted octanol–water partition coefficient (Wildman–Crippen LogP) is 3.09. The minimum Gasteiger partial charge on any atom is -0.497 e. The Morgan fingerprint density at radius 1 is 0.971 bits per heavy atom. The van der Waals surface area contributed by atoms with E-state index in [0.29, 0.717) is 24.3 Å². The number of anilines is 2. The van der Waals surface area contributed by atoms with Gasteiger partial charge in [0.2, 0.25) is 11.8 Å². The van der Waals surface area contributed by atoms with Crippen molar-refractivity contribution in [2.45, 2.75) is 19.0 Å². The Labute approximate surface area is 197 Å². The molecule has 0 aliphatic carbocycles. The van der Waals surface area contributed by atoms with E-state index in [1.165, 1.54) is 4.90 Å². The van der Waals surface area contributed by atoms with Gasteiger partial charge in [-0.2, -0.15) is 0 Å². The van der Waals surface area contributed by atoms with Crippen LogP contribution in [0.2, 0.25) is 0 Å². The van der Waals surface area contributed by atoms with Crippen molar-refractivity contribution in [3.05, 3.63) is 90.0 Å². The average Bonchev–Trinajstić information content (AvgIpc) is 2.87. The van der Waals surface area contributed by atoms with Crippen LogP contribution in [0.4, 0.5) is 16.2 Å². The molecule has 0 bridgehead atoms. The Morgan fingerprint density at radius 2 is 1.68 bits per heavy atom. The third-order valence-corrected chi connectivity index (χ3v) is 5.54. The number of hydrogen-bond acceptors (Lipinski definition) is 4. The highest BCUT2D eigenvalue weighted by molar-refractivity contribution is 6.10. The molecule has 0 aromatic heterocycles. The fourth-order valence-electron chi connectivity index (χ4n) is 3.76. The van der Waals surface area contributed by atoms with Gasteiger partial charge in [0, 0.05) is 13.0 Å². The number of methoxy groups -OCH3 is 1. The van der Waals surface area contributed by atoms with E-state index < -0.39 is 12.1 Å². The lowest BCUT2D eigenvalue weighted by molar-refractivity contribution is -0.123. The van der Waals surface area contributed by atoms with Crippen LogP contribution in [0.1, 0.15) is 11.1 Å². The molecular weight excluding hydrogens is 432 g/mol. The standard InChI is InChI=1S/C26H26N4O4/c1-34-20-13-11-19(12-14-20)16-27-25(32)22(15-18-7-3-2-4-8-18)29-26(33)30-17-24(31)28-21-9-5-6-10-23(21)30/h2-14,22H,15-17H2,1H3,(H,27,32)(H,28,31)(H,29,33)/t22-/m1/s1. The summed E-state index contributed by atoms with van der Waals surface area (Å²) in [6.07, 6.45) is 0.308. The largest absolute Gasteiger partial charge is 0.497 e. The van der Waals surface area contributed by atoms with Crippen molar-refractivity contribution in [3.63, 3.8) is 0 Å². The number of nitrogens with one attached hydrogen (secondary N) is 3. The molecule has 34 heavy (non-hydrogen) atoms. The molecular formula is C26H26N4O4. The van der Waals surface area contributed by atoms with E-state index in [1.54, 1.807) is 31.4 Å². The van der Waals surface area contributed by atoms with E-state index in [2.05, 4.69) is 16.0 Å². The smallest absolute Gasteiger partial charge is 0.323 e. The molecule has 0 radical (unpaired) electrons. The Bertz CT molecular complexity index is 1160. The van der Waals surface area contributed by atoms with Crippen molar-refractivity contribution in [2.24, 2.45) is 0 Å². The Kier molecular flexibility index (Phi) is 7.07. The number of fused-ring (bicyclic) bond motifs is 1. The molecule has 0 saturated carbocycles. The highest BCUT2D eigenvalue weighted by atomic mass is 16.5. The highest BCUT2D eigenvalue weighted by Crippen LogP contribution is 2.28. The van der Waals surface area contributed by atoms with Crippen LogP contribution >= 0.6 is 0 Å². The van der Waals surface area contributed by atoms with E-state index in [-0.39, 0.29) is 18.4 Å². The molecule has 8 nitrogen and oxygen atoms in total. The SMILES string of the molecule is COc1ccc(CNC(=O)[C@@H](Cc2ccccc2)NC(=O)N2CC(=O)Nc3ccccc32)cc1. The molecule has 4 rings (SSSR count).